The van der Waals surface area contributed by atoms with Crippen LogP contribution in [-0.4, -0.2) is 30.4 Å². The lowest BCUT2D eigenvalue weighted by atomic mass is 10.2. The highest BCUT2D eigenvalue weighted by Gasteiger charge is 2.15. The van der Waals surface area contributed by atoms with E-state index in [1.54, 1.807) is 19.1 Å². The van der Waals surface area contributed by atoms with Crippen molar-refractivity contribution >= 4 is 21.7 Å². The molecular formula is C11H18N4O2S. The normalized spacial score (nSPS) is 16.7. The van der Waals surface area contributed by atoms with E-state index >= 15 is 0 Å². The van der Waals surface area contributed by atoms with Crippen molar-refractivity contribution in [2.75, 3.05) is 15.8 Å². The van der Waals surface area contributed by atoms with Crippen LogP contribution in [0.3, 0.4) is 0 Å². The van der Waals surface area contributed by atoms with Crippen LogP contribution in [0, 0.1) is 0 Å². The van der Waals surface area contributed by atoms with Crippen molar-refractivity contribution in [2.45, 2.75) is 38.6 Å². The minimum absolute atomic E-state index is 0.0246. The Balaban J connectivity index is 1.96. The van der Waals surface area contributed by atoms with Gasteiger partial charge >= 0.3 is 0 Å². The summed E-state index contributed by atoms with van der Waals surface area (Å²) in [6.07, 6.45) is 4.82. The second-order valence-corrected chi connectivity index (χ2v) is 6.45. The van der Waals surface area contributed by atoms with Gasteiger partial charge in [0.25, 0.3) is 0 Å². The van der Waals surface area contributed by atoms with E-state index in [4.69, 9.17) is 0 Å². The van der Waals surface area contributed by atoms with Gasteiger partial charge in [0.1, 0.15) is 5.82 Å². The van der Waals surface area contributed by atoms with Crippen LogP contribution >= 0.6 is 0 Å². The number of nitrogens with one attached hydrogen (secondary N) is 2. The van der Waals surface area contributed by atoms with E-state index in [1.165, 1.54) is 12.8 Å². The molecule has 1 aromatic rings. The van der Waals surface area contributed by atoms with Gasteiger partial charge in [0.05, 0.1) is 5.75 Å². The Hall–Kier alpha value is -1.37. The molecule has 7 heteroatoms. The van der Waals surface area contributed by atoms with Gasteiger partial charge in [-0.25, -0.2) is 8.42 Å². The lowest BCUT2D eigenvalue weighted by Crippen LogP contribution is -2.18. The fourth-order valence-electron chi connectivity index (χ4n) is 1.97. The number of anilines is 2. The minimum Gasteiger partial charge on any atom is -0.366 e. The Morgan fingerprint density at radius 3 is 2.39 bits per heavy atom. The summed E-state index contributed by atoms with van der Waals surface area (Å²) in [5, 5.41) is 11.1. The number of hydrogen-bond acceptors (Lipinski definition) is 5. The van der Waals surface area contributed by atoms with Gasteiger partial charge in [0.2, 0.25) is 10.0 Å². The maximum absolute atomic E-state index is 11.3. The van der Waals surface area contributed by atoms with Crippen molar-refractivity contribution in [2.24, 2.45) is 0 Å². The van der Waals surface area contributed by atoms with Crippen LogP contribution in [0.2, 0.25) is 0 Å². The minimum atomic E-state index is -3.28. The number of aromatic nitrogens is 2. The van der Waals surface area contributed by atoms with Crippen LogP contribution in [0.4, 0.5) is 11.6 Å². The highest BCUT2D eigenvalue weighted by Crippen LogP contribution is 2.21. The third-order valence-corrected chi connectivity index (χ3v) is 4.29. The molecule has 0 aliphatic heterocycles. The maximum atomic E-state index is 11.3. The predicted octanol–water partition coefficient (Wildman–Crippen LogP) is 1.59. The zero-order chi connectivity index (χ0) is 13.0. The molecule has 0 unspecified atom stereocenters. The number of nitrogens with zero attached hydrogens (tertiary/aromatic N) is 2. The summed E-state index contributed by atoms with van der Waals surface area (Å²) in [6, 6.07) is 3.84. The number of hydrogen-bond donors (Lipinski definition) is 2. The van der Waals surface area contributed by atoms with Gasteiger partial charge in [-0.1, -0.05) is 12.8 Å². The summed E-state index contributed by atoms with van der Waals surface area (Å²) < 4.78 is 25.0. The Kier molecular flexibility index (Phi) is 4.00. The van der Waals surface area contributed by atoms with Crippen LogP contribution in [0.1, 0.15) is 32.6 Å². The standard InChI is InChI=1S/C11H18N4O2S/c1-2-18(16,17)15-11-8-7-10(13-14-11)12-9-5-3-4-6-9/h7-9H,2-6H2,1H3,(H,12,13)(H,14,15). The maximum Gasteiger partial charge on any atom is 0.233 e. The largest absolute Gasteiger partial charge is 0.366 e. The first-order chi connectivity index (χ1) is 8.59. The molecule has 1 aliphatic carbocycles. The fraction of sp³-hybridized carbons (Fsp3) is 0.636. The number of rotatable bonds is 5. The van der Waals surface area contributed by atoms with E-state index in [9.17, 15) is 8.42 Å². The van der Waals surface area contributed by atoms with Crippen molar-refractivity contribution in [3.8, 4) is 0 Å². The van der Waals surface area contributed by atoms with Crippen LogP contribution < -0.4 is 10.0 Å². The molecule has 6 nitrogen and oxygen atoms in total. The summed E-state index contributed by atoms with van der Waals surface area (Å²) in [6.45, 7) is 1.58. The highest BCUT2D eigenvalue weighted by molar-refractivity contribution is 7.92. The Morgan fingerprint density at radius 2 is 1.83 bits per heavy atom. The molecule has 0 spiro atoms. The van der Waals surface area contributed by atoms with Crippen molar-refractivity contribution in [3.05, 3.63) is 12.1 Å². The average molecular weight is 270 g/mol. The lowest BCUT2D eigenvalue weighted by Gasteiger charge is -2.12. The van der Waals surface area contributed by atoms with Crippen LogP contribution in [-0.2, 0) is 10.0 Å². The van der Waals surface area contributed by atoms with E-state index in [0.717, 1.165) is 12.8 Å². The molecule has 1 fully saturated rings. The van der Waals surface area contributed by atoms with Crippen molar-refractivity contribution < 1.29 is 8.42 Å². The SMILES string of the molecule is CCS(=O)(=O)Nc1ccc(NC2CCCC2)nn1. The Labute approximate surface area is 107 Å². The van der Waals surface area contributed by atoms with Crippen molar-refractivity contribution in [3.63, 3.8) is 0 Å². The zero-order valence-corrected chi connectivity index (χ0v) is 11.2. The topological polar surface area (TPSA) is 84.0 Å². The molecule has 0 radical (unpaired) electrons. The van der Waals surface area contributed by atoms with Crippen LogP contribution in [0.5, 0.6) is 0 Å². The third kappa shape index (κ3) is 3.56. The van der Waals surface area contributed by atoms with Crippen LogP contribution in [0.25, 0.3) is 0 Å². The Bertz CT molecular complexity index is 480. The van der Waals surface area contributed by atoms with E-state index in [0.29, 0.717) is 11.9 Å². The molecule has 0 saturated heterocycles. The molecular weight excluding hydrogens is 252 g/mol. The molecule has 1 aliphatic rings. The van der Waals surface area contributed by atoms with Crippen LogP contribution in [0.15, 0.2) is 12.1 Å². The molecule has 1 aromatic heterocycles. The molecule has 0 atom stereocenters. The molecule has 1 heterocycles. The first-order valence-corrected chi connectivity index (χ1v) is 7.85. The Morgan fingerprint density at radius 1 is 1.22 bits per heavy atom. The van der Waals surface area contributed by atoms with Gasteiger partial charge in [-0.05, 0) is 31.9 Å². The van der Waals surface area contributed by atoms with Crippen molar-refractivity contribution in [1.29, 1.82) is 0 Å². The summed E-state index contributed by atoms with van der Waals surface area (Å²) in [5.41, 5.74) is 0. The smallest absolute Gasteiger partial charge is 0.233 e. The summed E-state index contributed by atoms with van der Waals surface area (Å²) in [5.74, 6) is 0.978. The fourth-order valence-corrected chi connectivity index (χ4v) is 2.55. The quantitative estimate of drug-likeness (QED) is 0.849. The van der Waals surface area contributed by atoms with E-state index < -0.39 is 10.0 Å². The van der Waals surface area contributed by atoms with Crippen molar-refractivity contribution in [1.82, 2.24) is 10.2 Å². The average Bonchev–Trinajstić information content (AvgIpc) is 2.84. The molecule has 2 N–H and O–H groups in total. The number of sulfonamides is 1. The van der Waals surface area contributed by atoms with Gasteiger partial charge in [0.15, 0.2) is 5.82 Å². The summed E-state index contributed by atoms with van der Waals surface area (Å²) in [7, 11) is -3.28. The molecule has 0 amide bonds. The predicted molar refractivity (Wildman–Crippen MR) is 71.0 cm³/mol. The van der Waals surface area contributed by atoms with E-state index in [2.05, 4.69) is 20.2 Å². The lowest BCUT2D eigenvalue weighted by molar-refractivity contribution is 0.602. The first kappa shape index (κ1) is 13.1. The summed E-state index contributed by atoms with van der Waals surface area (Å²) >= 11 is 0. The van der Waals surface area contributed by atoms with Gasteiger partial charge < -0.3 is 5.32 Å². The zero-order valence-electron chi connectivity index (χ0n) is 10.4. The summed E-state index contributed by atoms with van der Waals surface area (Å²) in [4.78, 5) is 0. The highest BCUT2D eigenvalue weighted by atomic mass is 32.2. The molecule has 2 rings (SSSR count). The van der Waals surface area contributed by atoms with Gasteiger partial charge in [0, 0.05) is 6.04 Å². The first-order valence-electron chi connectivity index (χ1n) is 6.20. The van der Waals surface area contributed by atoms with Gasteiger partial charge in [-0.3, -0.25) is 4.72 Å². The molecule has 100 valence electrons. The molecule has 18 heavy (non-hydrogen) atoms. The molecule has 1 saturated carbocycles. The third-order valence-electron chi connectivity index (χ3n) is 3.01. The second-order valence-electron chi connectivity index (χ2n) is 4.44. The van der Waals surface area contributed by atoms with Gasteiger partial charge in [-0.2, -0.15) is 0 Å². The van der Waals surface area contributed by atoms with Gasteiger partial charge in [-0.15, -0.1) is 10.2 Å². The van der Waals surface area contributed by atoms with E-state index in [1.807, 2.05) is 0 Å². The second kappa shape index (κ2) is 5.51. The molecule has 0 bridgehead atoms. The molecule has 0 aromatic carbocycles. The monoisotopic (exact) mass is 270 g/mol. The van der Waals surface area contributed by atoms with E-state index in [-0.39, 0.29) is 11.6 Å².